The van der Waals surface area contributed by atoms with Crippen molar-refractivity contribution >= 4 is 18.3 Å². The summed E-state index contributed by atoms with van der Waals surface area (Å²) >= 11 is 0. The summed E-state index contributed by atoms with van der Waals surface area (Å²) in [5, 5.41) is 12.4. The van der Waals surface area contributed by atoms with Crippen LogP contribution in [0.5, 0.6) is 0 Å². The van der Waals surface area contributed by atoms with Gasteiger partial charge >= 0.3 is 0 Å². The van der Waals surface area contributed by atoms with Gasteiger partial charge < -0.3 is 15.3 Å². The summed E-state index contributed by atoms with van der Waals surface area (Å²) in [5.41, 5.74) is -0.204. The Morgan fingerprint density at radius 1 is 1.44 bits per heavy atom. The number of nitrogens with zero attached hydrogens (tertiary/aromatic N) is 1. The third-order valence-corrected chi connectivity index (χ3v) is 4.27. The molecule has 2 aliphatic rings. The van der Waals surface area contributed by atoms with Gasteiger partial charge in [-0.15, -0.1) is 12.4 Å². The van der Waals surface area contributed by atoms with Crippen molar-refractivity contribution < 1.29 is 9.90 Å². The summed E-state index contributed by atoms with van der Waals surface area (Å²) in [6, 6.07) is 0. The third-order valence-electron chi connectivity index (χ3n) is 4.27. The molecular formula is C13H25ClN2O2. The number of aliphatic hydroxyl groups is 1. The van der Waals surface area contributed by atoms with Crippen LogP contribution in [0.2, 0.25) is 0 Å². The summed E-state index contributed by atoms with van der Waals surface area (Å²) in [5.74, 6) is 0.706. The van der Waals surface area contributed by atoms with Crippen LogP contribution >= 0.6 is 12.4 Å². The summed E-state index contributed by atoms with van der Waals surface area (Å²) in [7, 11) is 0. The molecule has 0 aromatic carbocycles. The molecule has 0 aromatic rings. The number of rotatable bonds is 2. The number of aliphatic hydroxyl groups excluding tert-OH is 1. The minimum Gasteiger partial charge on any atom is -0.396 e. The Morgan fingerprint density at radius 3 is 2.61 bits per heavy atom. The average molecular weight is 277 g/mol. The first-order valence-corrected chi connectivity index (χ1v) is 6.77. The molecule has 0 radical (unpaired) electrons. The van der Waals surface area contributed by atoms with Crippen molar-refractivity contribution in [2.24, 2.45) is 11.3 Å². The number of hydrogen-bond donors (Lipinski definition) is 2. The summed E-state index contributed by atoms with van der Waals surface area (Å²) in [4.78, 5) is 14.5. The minimum absolute atomic E-state index is 0. The molecule has 2 aliphatic heterocycles. The summed E-state index contributed by atoms with van der Waals surface area (Å²) in [6.07, 6.45) is 3.99. The van der Waals surface area contributed by atoms with E-state index in [2.05, 4.69) is 12.2 Å². The highest BCUT2D eigenvalue weighted by molar-refractivity contribution is 5.85. The SMILES string of the molecule is CC1(C(=O)N2CCC(CO)CC2)CCCNC1.Cl. The number of carbonyl (C=O) groups is 1. The highest BCUT2D eigenvalue weighted by atomic mass is 35.5. The molecule has 0 bridgehead atoms. The Kier molecular flexibility index (Phi) is 5.89. The van der Waals surface area contributed by atoms with E-state index < -0.39 is 0 Å². The molecule has 0 spiro atoms. The van der Waals surface area contributed by atoms with E-state index in [9.17, 15) is 4.79 Å². The van der Waals surface area contributed by atoms with E-state index in [0.29, 0.717) is 11.8 Å². The fourth-order valence-corrected chi connectivity index (χ4v) is 2.94. The van der Waals surface area contributed by atoms with Crippen molar-refractivity contribution in [1.29, 1.82) is 0 Å². The lowest BCUT2D eigenvalue weighted by atomic mass is 9.80. The predicted molar refractivity (Wildman–Crippen MR) is 73.8 cm³/mol. The monoisotopic (exact) mass is 276 g/mol. The molecule has 1 amide bonds. The van der Waals surface area contributed by atoms with Crippen LogP contribution in [0.1, 0.15) is 32.6 Å². The molecule has 5 heteroatoms. The Balaban J connectivity index is 0.00000162. The number of halogens is 1. The van der Waals surface area contributed by atoms with Gasteiger partial charge in [0.25, 0.3) is 0 Å². The fraction of sp³-hybridized carbons (Fsp3) is 0.923. The molecule has 18 heavy (non-hydrogen) atoms. The molecule has 2 rings (SSSR count). The van der Waals surface area contributed by atoms with E-state index in [0.717, 1.165) is 51.9 Å². The van der Waals surface area contributed by atoms with Gasteiger partial charge in [0.15, 0.2) is 0 Å². The highest BCUT2D eigenvalue weighted by Gasteiger charge is 2.38. The highest BCUT2D eigenvalue weighted by Crippen LogP contribution is 2.30. The molecular weight excluding hydrogens is 252 g/mol. The van der Waals surface area contributed by atoms with E-state index in [1.54, 1.807) is 0 Å². The largest absolute Gasteiger partial charge is 0.396 e. The van der Waals surface area contributed by atoms with E-state index in [4.69, 9.17) is 5.11 Å². The van der Waals surface area contributed by atoms with Crippen LogP contribution < -0.4 is 5.32 Å². The van der Waals surface area contributed by atoms with E-state index in [-0.39, 0.29) is 24.4 Å². The van der Waals surface area contributed by atoms with Gasteiger partial charge in [0.2, 0.25) is 5.91 Å². The lowest BCUT2D eigenvalue weighted by molar-refractivity contribution is -0.143. The smallest absolute Gasteiger partial charge is 0.229 e. The Labute approximate surface area is 116 Å². The maximum absolute atomic E-state index is 12.5. The Hall–Kier alpha value is -0.320. The fourth-order valence-electron chi connectivity index (χ4n) is 2.94. The second-order valence-electron chi connectivity index (χ2n) is 5.76. The van der Waals surface area contributed by atoms with Crippen molar-refractivity contribution in [2.75, 3.05) is 32.8 Å². The van der Waals surface area contributed by atoms with Crippen LogP contribution in [0, 0.1) is 11.3 Å². The lowest BCUT2D eigenvalue weighted by Crippen LogP contribution is -2.52. The summed E-state index contributed by atoms with van der Waals surface area (Å²) in [6.45, 7) is 5.83. The summed E-state index contributed by atoms with van der Waals surface area (Å²) < 4.78 is 0. The maximum Gasteiger partial charge on any atom is 0.229 e. The van der Waals surface area contributed by atoms with E-state index in [1.807, 2.05) is 4.90 Å². The van der Waals surface area contributed by atoms with Gasteiger partial charge in [0.1, 0.15) is 0 Å². The van der Waals surface area contributed by atoms with E-state index >= 15 is 0 Å². The quantitative estimate of drug-likeness (QED) is 0.792. The number of nitrogens with one attached hydrogen (secondary N) is 1. The van der Waals surface area contributed by atoms with Gasteiger partial charge in [-0.2, -0.15) is 0 Å². The lowest BCUT2D eigenvalue weighted by Gasteiger charge is -2.40. The molecule has 2 heterocycles. The van der Waals surface area contributed by atoms with Crippen molar-refractivity contribution in [2.45, 2.75) is 32.6 Å². The first kappa shape index (κ1) is 15.7. The molecule has 106 valence electrons. The van der Waals surface area contributed by atoms with Crippen molar-refractivity contribution in [3.05, 3.63) is 0 Å². The topological polar surface area (TPSA) is 52.6 Å². The molecule has 1 atom stereocenters. The van der Waals surface area contributed by atoms with Crippen molar-refractivity contribution in [1.82, 2.24) is 10.2 Å². The normalized spacial score (nSPS) is 29.8. The van der Waals surface area contributed by atoms with Crippen LogP contribution in [0.4, 0.5) is 0 Å². The second kappa shape index (κ2) is 6.73. The Morgan fingerprint density at radius 2 is 2.11 bits per heavy atom. The molecule has 0 saturated carbocycles. The molecule has 1 unspecified atom stereocenters. The zero-order chi connectivity index (χ0) is 12.3. The Bertz CT molecular complexity index is 272. The van der Waals surface area contributed by atoms with Gasteiger partial charge in [-0.05, 0) is 45.1 Å². The molecule has 2 fully saturated rings. The number of hydrogen-bond acceptors (Lipinski definition) is 3. The molecule has 4 nitrogen and oxygen atoms in total. The van der Waals surface area contributed by atoms with Gasteiger partial charge in [0.05, 0.1) is 5.41 Å². The first-order valence-electron chi connectivity index (χ1n) is 6.77. The first-order chi connectivity index (χ1) is 8.15. The van der Waals surface area contributed by atoms with Gasteiger partial charge in [-0.3, -0.25) is 4.79 Å². The van der Waals surface area contributed by atoms with Gasteiger partial charge in [0, 0.05) is 26.2 Å². The zero-order valence-corrected chi connectivity index (χ0v) is 12.0. The average Bonchev–Trinajstić information content (AvgIpc) is 2.39. The predicted octanol–water partition coefficient (Wildman–Crippen LogP) is 1.03. The number of likely N-dealkylation sites (tertiary alicyclic amines) is 1. The van der Waals surface area contributed by atoms with Crippen LogP contribution in [-0.4, -0.2) is 48.7 Å². The minimum atomic E-state index is -0.204. The standard InChI is InChI=1S/C13H24N2O2.ClH/c1-13(5-2-6-14-10-13)12(17)15-7-3-11(9-16)4-8-15;/h11,14,16H,2-10H2,1H3;1H. The van der Waals surface area contributed by atoms with Crippen LogP contribution in [0.3, 0.4) is 0 Å². The molecule has 0 aromatic heterocycles. The number of carbonyl (C=O) groups excluding carboxylic acids is 1. The zero-order valence-electron chi connectivity index (χ0n) is 11.2. The second-order valence-corrected chi connectivity index (χ2v) is 5.76. The van der Waals surface area contributed by atoms with Crippen molar-refractivity contribution in [3.63, 3.8) is 0 Å². The van der Waals surface area contributed by atoms with Crippen LogP contribution in [-0.2, 0) is 4.79 Å². The maximum atomic E-state index is 12.5. The number of piperidine rings is 2. The van der Waals surface area contributed by atoms with Gasteiger partial charge in [-0.1, -0.05) is 0 Å². The van der Waals surface area contributed by atoms with Crippen LogP contribution in [0.15, 0.2) is 0 Å². The van der Waals surface area contributed by atoms with Crippen LogP contribution in [0.25, 0.3) is 0 Å². The van der Waals surface area contributed by atoms with Crippen molar-refractivity contribution in [3.8, 4) is 0 Å². The molecule has 2 N–H and O–H groups in total. The number of amides is 1. The van der Waals surface area contributed by atoms with Gasteiger partial charge in [-0.25, -0.2) is 0 Å². The molecule has 2 saturated heterocycles. The third kappa shape index (κ3) is 3.37. The molecule has 0 aliphatic carbocycles. The van der Waals surface area contributed by atoms with E-state index in [1.165, 1.54) is 0 Å².